The maximum absolute atomic E-state index is 6.20. The van der Waals surface area contributed by atoms with Crippen LogP contribution in [0.3, 0.4) is 0 Å². The van der Waals surface area contributed by atoms with Crippen molar-refractivity contribution < 1.29 is 0 Å². The average Bonchev–Trinajstić information content (AvgIpc) is 2.26. The van der Waals surface area contributed by atoms with E-state index in [1.54, 1.807) is 0 Å². The largest absolute Gasteiger partial charge is 0.330 e. The van der Waals surface area contributed by atoms with Gasteiger partial charge in [0.15, 0.2) is 0 Å². The van der Waals surface area contributed by atoms with Crippen molar-refractivity contribution in [2.24, 2.45) is 28.9 Å². The summed E-state index contributed by atoms with van der Waals surface area (Å²) in [6, 6.07) is 0.307. The van der Waals surface area contributed by atoms with Crippen LogP contribution in [0, 0.1) is 5.92 Å². The van der Waals surface area contributed by atoms with Gasteiger partial charge < -0.3 is 22.9 Å². The first-order valence-electron chi connectivity index (χ1n) is 6.55. The predicted octanol–water partition coefficient (Wildman–Crippen LogP) is 0.534. The molecule has 4 heteroatoms. The van der Waals surface area contributed by atoms with Gasteiger partial charge in [-0.3, -0.25) is 0 Å². The monoisotopic (exact) mass is 230 g/mol. The second-order valence-corrected chi connectivity index (χ2v) is 4.70. The van der Waals surface area contributed by atoms with Gasteiger partial charge in [-0.25, -0.2) is 0 Å². The van der Waals surface area contributed by atoms with E-state index in [1.807, 2.05) is 0 Å². The Morgan fingerprint density at radius 1 is 0.875 bits per heavy atom. The minimum absolute atomic E-state index is 0.0834. The molecular weight excluding hydrogens is 200 g/mol. The quantitative estimate of drug-likeness (QED) is 0.464. The van der Waals surface area contributed by atoms with E-state index in [0.29, 0.717) is 6.54 Å². The van der Waals surface area contributed by atoms with Crippen molar-refractivity contribution in [1.29, 1.82) is 0 Å². The highest BCUT2D eigenvalue weighted by molar-refractivity contribution is 4.88. The standard InChI is InChI=1S/C12H30N4/c1-3-6-10(15)12(9(14)4-2)11(16)7-5-8-13/h9-12H,3-8,13-16H2,1-2H3. The molecule has 0 spiro atoms. The fraction of sp³-hybridized carbons (Fsp3) is 1.00. The molecule has 0 saturated carbocycles. The Kier molecular flexibility index (Phi) is 8.84. The Morgan fingerprint density at radius 3 is 1.88 bits per heavy atom. The molecule has 4 nitrogen and oxygen atoms in total. The third-order valence-electron chi connectivity index (χ3n) is 3.32. The molecule has 4 unspecified atom stereocenters. The van der Waals surface area contributed by atoms with Crippen LogP contribution in [0.15, 0.2) is 0 Å². The van der Waals surface area contributed by atoms with Crippen molar-refractivity contribution in [2.75, 3.05) is 6.54 Å². The van der Waals surface area contributed by atoms with Crippen molar-refractivity contribution in [3.63, 3.8) is 0 Å². The van der Waals surface area contributed by atoms with Crippen LogP contribution in [-0.4, -0.2) is 24.7 Å². The topological polar surface area (TPSA) is 104 Å². The fourth-order valence-corrected chi connectivity index (χ4v) is 2.30. The normalized spacial score (nSPS) is 19.1. The fourth-order valence-electron chi connectivity index (χ4n) is 2.30. The number of hydrogen-bond donors (Lipinski definition) is 4. The van der Waals surface area contributed by atoms with E-state index >= 15 is 0 Å². The summed E-state index contributed by atoms with van der Waals surface area (Å²) in [4.78, 5) is 0. The zero-order chi connectivity index (χ0) is 12.6. The van der Waals surface area contributed by atoms with Crippen LogP contribution in [0.25, 0.3) is 0 Å². The molecule has 98 valence electrons. The second kappa shape index (κ2) is 8.93. The Balaban J connectivity index is 4.39. The van der Waals surface area contributed by atoms with Crippen LogP contribution in [-0.2, 0) is 0 Å². The molecule has 0 fully saturated rings. The summed E-state index contributed by atoms with van der Waals surface area (Å²) in [5, 5.41) is 0. The first-order valence-corrected chi connectivity index (χ1v) is 6.55. The molecule has 0 heterocycles. The lowest BCUT2D eigenvalue weighted by Gasteiger charge is -2.33. The Hall–Kier alpha value is -0.160. The van der Waals surface area contributed by atoms with Gasteiger partial charge in [0.05, 0.1) is 0 Å². The zero-order valence-corrected chi connectivity index (χ0v) is 10.9. The smallest absolute Gasteiger partial charge is 0.00972 e. The van der Waals surface area contributed by atoms with E-state index in [9.17, 15) is 0 Å². The molecule has 8 N–H and O–H groups in total. The Bertz CT molecular complexity index is 163. The summed E-state index contributed by atoms with van der Waals surface area (Å²) in [5.74, 6) is 0.219. The van der Waals surface area contributed by atoms with E-state index < -0.39 is 0 Å². The molecule has 0 saturated heterocycles. The average molecular weight is 230 g/mol. The lowest BCUT2D eigenvalue weighted by Crippen LogP contribution is -2.51. The second-order valence-electron chi connectivity index (χ2n) is 4.70. The van der Waals surface area contributed by atoms with Gasteiger partial charge >= 0.3 is 0 Å². The van der Waals surface area contributed by atoms with Gasteiger partial charge in [-0.1, -0.05) is 20.3 Å². The molecule has 0 amide bonds. The first-order chi connectivity index (χ1) is 7.58. The van der Waals surface area contributed by atoms with E-state index in [4.69, 9.17) is 22.9 Å². The van der Waals surface area contributed by atoms with Crippen LogP contribution in [0.1, 0.15) is 46.0 Å². The lowest BCUT2D eigenvalue weighted by molar-refractivity contribution is 0.265. The molecule has 0 aliphatic carbocycles. The molecule has 0 aromatic heterocycles. The van der Waals surface area contributed by atoms with Gasteiger partial charge in [-0.05, 0) is 32.2 Å². The predicted molar refractivity (Wildman–Crippen MR) is 70.9 cm³/mol. The Labute approximate surface area is 100 Å². The first kappa shape index (κ1) is 15.8. The number of rotatable bonds is 9. The van der Waals surface area contributed by atoms with Gasteiger partial charge in [-0.15, -0.1) is 0 Å². The third kappa shape index (κ3) is 5.25. The third-order valence-corrected chi connectivity index (χ3v) is 3.32. The van der Waals surface area contributed by atoms with Crippen molar-refractivity contribution in [2.45, 2.75) is 64.1 Å². The van der Waals surface area contributed by atoms with Gasteiger partial charge in [0, 0.05) is 24.0 Å². The van der Waals surface area contributed by atoms with Crippen LogP contribution < -0.4 is 22.9 Å². The van der Waals surface area contributed by atoms with E-state index in [2.05, 4.69) is 13.8 Å². The number of nitrogens with two attached hydrogens (primary N) is 4. The Morgan fingerprint density at radius 2 is 1.44 bits per heavy atom. The molecule has 0 aromatic carbocycles. The van der Waals surface area contributed by atoms with Gasteiger partial charge in [-0.2, -0.15) is 0 Å². The summed E-state index contributed by atoms with van der Waals surface area (Å²) in [7, 11) is 0. The van der Waals surface area contributed by atoms with Crippen LogP contribution in [0.5, 0.6) is 0 Å². The molecule has 0 rings (SSSR count). The maximum Gasteiger partial charge on any atom is 0.00972 e. The highest BCUT2D eigenvalue weighted by Gasteiger charge is 2.28. The summed E-state index contributed by atoms with van der Waals surface area (Å²) in [6.07, 6.45) is 4.88. The maximum atomic E-state index is 6.20. The molecule has 4 atom stereocenters. The van der Waals surface area contributed by atoms with Crippen LogP contribution >= 0.6 is 0 Å². The lowest BCUT2D eigenvalue weighted by atomic mass is 9.81. The van der Waals surface area contributed by atoms with Crippen LogP contribution in [0.4, 0.5) is 0 Å². The van der Waals surface area contributed by atoms with E-state index in [-0.39, 0.29) is 24.0 Å². The SMILES string of the molecule is CCCC(N)C(C(N)CC)C(N)CCCN. The molecule has 16 heavy (non-hydrogen) atoms. The summed E-state index contributed by atoms with van der Waals surface area (Å²) in [5.41, 5.74) is 24.0. The highest BCUT2D eigenvalue weighted by Crippen LogP contribution is 2.19. The molecule has 0 aliphatic rings. The number of hydrogen-bond acceptors (Lipinski definition) is 4. The van der Waals surface area contributed by atoms with Gasteiger partial charge in [0.1, 0.15) is 0 Å². The molecular formula is C12H30N4. The van der Waals surface area contributed by atoms with Crippen molar-refractivity contribution >= 4 is 0 Å². The molecule has 0 aliphatic heterocycles. The van der Waals surface area contributed by atoms with Crippen molar-refractivity contribution in [1.82, 2.24) is 0 Å². The van der Waals surface area contributed by atoms with Crippen molar-refractivity contribution in [3.05, 3.63) is 0 Å². The summed E-state index contributed by atoms with van der Waals surface area (Å²) < 4.78 is 0. The minimum atomic E-state index is 0.0834. The van der Waals surface area contributed by atoms with E-state index in [0.717, 1.165) is 32.1 Å². The summed E-state index contributed by atoms with van der Waals surface area (Å²) >= 11 is 0. The van der Waals surface area contributed by atoms with Crippen LogP contribution in [0.2, 0.25) is 0 Å². The highest BCUT2D eigenvalue weighted by atomic mass is 14.8. The van der Waals surface area contributed by atoms with Gasteiger partial charge in [0.2, 0.25) is 0 Å². The zero-order valence-electron chi connectivity index (χ0n) is 10.9. The minimum Gasteiger partial charge on any atom is -0.330 e. The van der Waals surface area contributed by atoms with Gasteiger partial charge in [0.25, 0.3) is 0 Å². The molecule has 0 bridgehead atoms. The van der Waals surface area contributed by atoms with Crippen molar-refractivity contribution in [3.8, 4) is 0 Å². The molecule has 0 aromatic rings. The molecule has 0 radical (unpaired) electrons. The summed E-state index contributed by atoms with van der Waals surface area (Å²) in [6.45, 7) is 4.91. The van der Waals surface area contributed by atoms with E-state index in [1.165, 1.54) is 0 Å².